The molecule has 0 spiro atoms. The van der Waals surface area contributed by atoms with E-state index in [9.17, 15) is 18.0 Å². The molecule has 1 aromatic rings. The number of esters is 1. The van der Waals surface area contributed by atoms with Gasteiger partial charge in [0.25, 0.3) is 5.91 Å². The van der Waals surface area contributed by atoms with Crippen LogP contribution in [0.2, 0.25) is 0 Å². The summed E-state index contributed by atoms with van der Waals surface area (Å²) in [6, 6.07) is 6.70. The highest BCUT2D eigenvalue weighted by Gasteiger charge is 2.34. The molecule has 1 aliphatic rings. The summed E-state index contributed by atoms with van der Waals surface area (Å²) in [5, 5.41) is 0. The maximum absolute atomic E-state index is 12.3. The average Bonchev–Trinajstić information content (AvgIpc) is 2.92. The minimum Gasteiger partial charge on any atom is -0.452 e. The summed E-state index contributed by atoms with van der Waals surface area (Å²) in [5.41, 5.74) is 0.421. The highest BCUT2D eigenvalue weighted by molar-refractivity contribution is 7.98. The molecule has 24 heavy (non-hydrogen) atoms. The van der Waals surface area contributed by atoms with Gasteiger partial charge in [0.15, 0.2) is 16.4 Å². The standard InChI is InChI=1S/C16H21NO5S2/c1-3-17(12-8-9-24(20,21)11-12)15(18)10-22-16(19)13-6-4-5-7-14(13)23-2/h4-7,12H,3,8-11H2,1-2H3/t12-/m0/s1. The van der Waals surface area contributed by atoms with Crippen LogP contribution >= 0.6 is 11.8 Å². The van der Waals surface area contributed by atoms with E-state index in [-0.39, 0.29) is 30.1 Å². The molecular weight excluding hydrogens is 350 g/mol. The SMILES string of the molecule is CCN(C(=O)COC(=O)c1ccccc1SC)[C@H]1CCS(=O)(=O)C1. The number of nitrogens with zero attached hydrogens (tertiary/aromatic N) is 1. The van der Waals surface area contributed by atoms with Gasteiger partial charge < -0.3 is 9.64 Å². The molecule has 0 aliphatic carbocycles. The van der Waals surface area contributed by atoms with Gasteiger partial charge in [-0.3, -0.25) is 4.79 Å². The van der Waals surface area contributed by atoms with E-state index in [0.29, 0.717) is 18.5 Å². The van der Waals surface area contributed by atoms with Crippen LogP contribution in [-0.4, -0.2) is 62.1 Å². The third-order valence-electron chi connectivity index (χ3n) is 3.96. The number of carbonyl (C=O) groups is 2. The van der Waals surface area contributed by atoms with E-state index in [4.69, 9.17) is 4.74 Å². The van der Waals surface area contributed by atoms with E-state index >= 15 is 0 Å². The number of sulfone groups is 1. The number of carbonyl (C=O) groups excluding carboxylic acids is 2. The fourth-order valence-electron chi connectivity index (χ4n) is 2.76. The zero-order chi connectivity index (χ0) is 17.7. The molecule has 1 atom stereocenters. The molecule has 1 fully saturated rings. The van der Waals surface area contributed by atoms with Crippen LogP contribution in [0.5, 0.6) is 0 Å². The summed E-state index contributed by atoms with van der Waals surface area (Å²) in [6.45, 7) is 1.79. The fraction of sp³-hybridized carbons (Fsp3) is 0.500. The average molecular weight is 371 g/mol. The number of ether oxygens (including phenoxy) is 1. The molecule has 1 heterocycles. The first-order valence-corrected chi connectivity index (χ1v) is 10.7. The summed E-state index contributed by atoms with van der Waals surface area (Å²) in [7, 11) is -3.07. The highest BCUT2D eigenvalue weighted by atomic mass is 32.2. The molecule has 1 aliphatic heterocycles. The molecule has 6 nitrogen and oxygen atoms in total. The zero-order valence-corrected chi connectivity index (χ0v) is 15.4. The van der Waals surface area contributed by atoms with Crippen molar-refractivity contribution < 1.29 is 22.7 Å². The fourth-order valence-corrected chi connectivity index (χ4v) is 5.08. The summed E-state index contributed by atoms with van der Waals surface area (Å²) >= 11 is 1.43. The van der Waals surface area contributed by atoms with Crippen molar-refractivity contribution in [3.05, 3.63) is 29.8 Å². The molecular formula is C16H21NO5S2. The summed E-state index contributed by atoms with van der Waals surface area (Å²) < 4.78 is 28.3. The molecule has 0 radical (unpaired) electrons. The van der Waals surface area contributed by atoms with E-state index in [1.807, 2.05) is 18.4 Å². The Morgan fingerprint density at radius 2 is 2.04 bits per heavy atom. The van der Waals surface area contributed by atoms with Crippen molar-refractivity contribution in [3.8, 4) is 0 Å². The third-order valence-corrected chi connectivity index (χ3v) is 6.51. The molecule has 1 aromatic carbocycles. The summed E-state index contributed by atoms with van der Waals surface area (Å²) in [5.74, 6) is -0.837. The van der Waals surface area contributed by atoms with Crippen molar-refractivity contribution in [2.45, 2.75) is 24.3 Å². The van der Waals surface area contributed by atoms with Gasteiger partial charge >= 0.3 is 5.97 Å². The number of thioether (sulfide) groups is 1. The molecule has 132 valence electrons. The Kier molecular flexibility index (Phi) is 6.28. The van der Waals surface area contributed by atoms with Gasteiger partial charge in [0, 0.05) is 17.5 Å². The highest BCUT2D eigenvalue weighted by Crippen LogP contribution is 2.21. The lowest BCUT2D eigenvalue weighted by Crippen LogP contribution is -2.43. The van der Waals surface area contributed by atoms with E-state index in [2.05, 4.69) is 0 Å². The first-order valence-electron chi connectivity index (χ1n) is 7.68. The van der Waals surface area contributed by atoms with Crippen molar-refractivity contribution >= 4 is 33.5 Å². The largest absolute Gasteiger partial charge is 0.452 e. The lowest BCUT2D eigenvalue weighted by atomic mass is 10.2. The van der Waals surface area contributed by atoms with E-state index in [1.165, 1.54) is 16.7 Å². The monoisotopic (exact) mass is 371 g/mol. The first kappa shape index (κ1) is 18.8. The van der Waals surface area contributed by atoms with Gasteiger partial charge in [-0.2, -0.15) is 0 Å². The molecule has 0 unspecified atom stereocenters. The third kappa shape index (κ3) is 4.51. The van der Waals surface area contributed by atoms with Gasteiger partial charge in [-0.1, -0.05) is 12.1 Å². The molecule has 1 saturated heterocycles. The minimum absolute atomic E-state index is 0.0180. The van der Waals surface area contributed by atoms with Crippen LogP contribution in [0.25, 0.3) is 0 Å². The van der Waals surface area contributed by atoms with Gasteiger partial charge in [0.1, 0.15) is 0 Å². The van der Waals surface area contributed by atoms with E-state index in [0.717, 1.165) is 4.90 Å². The topological polar surface area (TPSA) is 80.8 Å². The number of hydrogen-bond donors (Lipinski definition) is 0. The predicted molar refractivity (Wildman–Crippen MR) is 93.0 cm³/mol. The lowest BCUT2D eigenvalue weighted by Gasteiger charge is -2.26. The predicted octanol–water partition coefficient (Wildman–Crippen LogP) is 1.60. The smallest absolute Gasteiger partial charge is 0.339 e. The Bertz CT molecular complexity index is 717. The first-order chi connectivity index (χ1) is 11.4. The Balaban J connectivity index is 1.97. The van der Waals surface area contributed by atoms with Gasteiger partial charge in [-0.05, 0) is 31.7 Å². The quantitative estimate of drug-likeness (QED) is 0.558. The Labute approximate surface area is 146 Å². The molecule has 1 amide bonds. The van der Waals surface area contributed by atoms with Crippen molar-refractivity contribution in [2.75, 3.05) is 30.9 Å². The molecule has 0 N–H and O–H groups in total. The molecule has 0 bridgehead atoms. The second-order valence-electron chi connectivity index (χ2n) is 5.51. The van der Waals surface area contributed by atoms with Crippen LogP contribution in [0.1, 0.15) is 23.7 Å². The van der Waals surface area contributed by atoms with E-state index in [1.54, 1.807) is 19.1 Å². The number of likely N-dealkylation sites (N-methyl/N-ethyl adjacent to an activating group) is 1. The lowest BCUT2D eigenvalue weighted by molar-refractivity contribution is -0.136. The second-order valence-corrected chi connectivity index (χ2v) is 8.59. The van der Waals surface area contributed by atoms with Crippen molar-refractivity contribution in [3.63, 3.8) is 0 Å². The van der Waals surface area contributed by atoms with Crippen LogP contribution in [0.3, 0.4) is 0 Å². The second kappa shape index (κ2) is 8.02. The van der Waals surface area contributed by atoms with E-state index < -0.39 is 15.8 Å². The molecule has 2 rings (SSSR count). The van der Waals surface area contributed by atoms with Crippen molar-refractivity contribution in [1.29, 1.82) is 0 Å². The van der Waals surface area contributed by atoms with Crippen LogP contribution in [0.4, 0.5) is 0 Å². The number of hydrogen-bond acceptors (Lipinski definition) is 6. The van der Waals surface area contributed by atoms with Crippen LogP contribution < -0.4 is 0 Å². The normalized spacial score (nSPS) is 19.0. The Morgan fingerprint density at radius 3 is 2.62 bits per heavy atom. The maximum Gasteiger partial charge on any atom is 0.339 e. The van der Waals surface area contributed by atoms with Crippen LogP contribution in [-0.2, 0) is 19.4 Å². The summed E-state index contributed by atoms with van der Waals surface area (Å²) in [6.07, 6.45) is 2.29. The van der Waals surface area contributed by atoms with Crippen LogP contribution in [0, 0.1) is 0 Å². The van der Waals surface area contributed by atoms with Gasteiger partial charge in [-0.15, -0.1) is 11.8 Å². The minimum atomic E-state index is -3.07. The number of benzene rings is 1. The molecule has 8 heteroatoms. The van der Waals surface area contributed by atoms with Gasteiger partial charge in [0.05, 0.1) is 17.1 Å². The van der Waals surface area contributed by atoms with Crippen LogP contribution in [0.15, 0.2) is 29.2 Å². The van der Waals surface area contributed by atoms with Gasteiger partial charge in [0.2, 0.25) is 0 Å². The van der Waals surface area contributed by atoms with Crippen molar-refractivity contribution in [2.24, 2.45) is 0 Å². The Hall–Kier alpha value is -1.54. The van der Waals surface area contributed by atoms with Gasteiger partial charge in [-0.25, -0.2) is 13.2 Å². The number of amides is 1. The number of rotatable bonds is 6. The Morgan fingerprint density at radius 1 is 1.33 bits per heavy atom. The van der Waals surface area contributed by atoms with Crippen molar-refractivity contribution in [1.82, 2.24) is 4.90 Å². The molecule has 0 saturated carbocycles. The summed E-state index contributed by atoms with van der Waals surface area (Å²) in [4.78, 5) is 26.7. The maximum atomic E-state index is 12.3. The zero-order valence-electron chi connectivity index (χ0n) is 13.7. The molecule has 0 aromatic heterocycles.